The summed E-state index contributed by atoms with van der Waals surface area (Å²) in [7, 11) is 0. The van der Waals surface area contributed by atoms with Gasteiger partial charge in [0.2, 0.25) is 0 Å². The Morgan fingerprint density at radius 1 is 1.35 bits per heavy atom. The molecule has 1 heterocycles. The van der Waals surface area contributed by atoms with Crippen LogP contribution >= 0.6 is 11.6 Å². The zero-order chi connectivity index (χ0) is 17.0. The summed E-state index contributed by atoms with van der Waals surface area (Å²) in [5, 5.41) is 18.9. The van der Waals surface area contributed by atoms with Crippen molar-refractivity contribution in [2.75, 3.05) is 0 Å². The molecular formula is C16H18ClN3O3. The molecule has 0 saturated heterocycles. The Morgan fingerprint density at radius 2 is 2.04 bits per heavy atom. The van der Waals surface area contributed by atoms with E-state index < -0.39 is 17.9 Å². The molecule has 1 amide bonds. The van der Waals surface area contributed by atoms with E-state index in [2.05, 4.69) is 15.5 Å². The number of amides is 1. The Kier molecular flexibility index (Phi) is 5.39. The average molecular weight is 336 g/mol. The van der Waals surface area contributed by atoms with Crippen molar-refractivity contribution in [2.24, 2.45) is 5.92 Å². The van der Waals surface area contributed by atoms with Crippen LogP contribution in [0.4, 0.5) is 0 Å². The molecule has 23 heavy (non-hydrogen) atoms. The minimum Gasteiger partial charge on any atom is -0.480 e. The first kappa shape index (κ1) is 17.0. The van der Waals surface area contributed by atoms with Gasteiger partial charge in [0.1, 0.15) is 11.7 Å². The summed E-state index contributed by atoms with van der Waals surface area (Å²) in [5.41, 5.74) is 1.41. The molecule has 1 unspecified atom stereocenters. The predicted octanol–water partition coefficient (Wildman–Crippen LogP) is 2.96. The zero-order valence-corrected chi connectivity index (χ0v) is 13.6. The molecule has 0 bridgehead atoms. The van der Waals surface area contributed by atoms with Gasteiger partial charge in [-0.05, 0) is 24.5 Å². The molecule has 0 aliphatic rings. The molecule has 7 heteroatoms. The molecule has 2 rings (SSSR count). The van der Waals surface area contributed by atoms with Gasteiger partial charge in [-0.25, -0.2) is 4.79 Å². The van der Waals surface area contributed by atoms with Crippen molar-refractivity contribution in [3.8, 4) is 11.3 Å². The summed E-state index contributed by atoms with van der Waals surface area (Å²) < 4.78 is 0. The topological polar surface area (TPSA) is 95.1 Å². The molecule has 0 aliphatic heterocycles. The lowest BCUT2D eigenvalue weighted by Gasteiger charge is -2.15. The van der Waals surface area contributed by atoms with Crippen LogP contribution in [0.1, 0.15) is 30.8 Å². The van der Waals surface area contributed by atoms with Crippen LogP contribution in [0.5, 0.6) is 0 Å². The van der Waals surface area contributed by atoms with E-state index in [0.29, 0.717) is 22.7 Å². The van der Waals surface area contributed by atoms with Crippen molar-refractivity contribution < 1.29 is 14.7 Å². The maximum absolute atomic E-state index is 12.2. The van der Waals surface area contributed by atoms with Crippen LogP contribution in [0.3, 0.4) is 0 Å². The third-order valence-electron chi connectivity index (χ3n) is 3.28. The number of halogens is 1. The number of carboxylic acid groups (broad SMARTS) is 1. The highest BCUT2D eigenvalue weighted by Gasteiger charge is 2.23. The van der Waals surface area contributed by atoms with Gasteiger partial charge in [-0.1, -0.05) is 43.6 Å². The van der Waals surface area contributed by atoms with Crippen LogP contribution in [-0.2, 0) is 4.79 Å². The highest BCUT2D eigenvalue weighted by Crippen LogP contribution is 2.26. The maximum Gasteiger partial charge on any atom is 0.326 e. The van der Waals surface area contributed by atoms with Crippen molar-refractivity contribution >= 4 is 23.5 Å². The lowest BCUT2D eigenvalue weighted by Crippen LogP contribution is -2.41. The van der Waals surface area contributed by atoms with Crippen LogP contribution in [-0.4, -0.2) is 33.2 Å². The van der Waals surface area contributed by atoms with Gasteiger partial charge in [0.25, 0.3) is 5.91 Å². The molecule has 0 aliphatic carbocycles. The number of hydrogen-bond donors (Lipinski definition) is 3. The molecule has 6 nitrogen and oxygen atoms in total. The molecule has 2 aromatic rings. The summed E-state index contributed by atoms with van der Waals surface area (Å²) in [5.74, 6) is -1.42. The van der Waals surface area contributed by atoms with E-state index >= 15 is 0 Å². The number of aromatic amines is 1. The first-order valence-corrected chi connectivity index (χ1v) is 7.60. The van der Waals surface area contributed by atoms with Crippen molar-refractivity contribution in [2.45, 2.75) is 26.3 Å². The predicted molar refractivity (Wildman–Crippen MR) is 87.4 cm³/mol. The Balaban J connectivity index is 2.15. The number of nitrogens with zero attached hydrogens (tertiary/aromatic N) is 1. The summed E-state index contributed by atoms with van der Waals surface area (Å²) in [6.07, 6.45) is 0.354. The van der Waals surface area contributed by atoms with E-state index in [1.54, 1.807) is 24.3 Å². The third-order valence-corrected chi connectivity index (χ3v) is 3.61. The zero-order valence-electron chi connectivity index (χ0n) is 12.8. The van der Waals surface area contributed by atoms with Gasteiger partial charge in [0.15, 0.2) is 0 Å². The molecule has 122 valence electrons. The number of rotatable bonds is 6. The van der Waals surface area contributed by atoms with Crippen molar-refractivity contribution in [1.29, 1.82) is 0 Å². The number of aromatic nitrogens is 2. The summed E-state index contributed by atoms with van der Waals surface area (Å²) in [4.78, 5) is 23.4. The van der Waals surface area contributed by atoms with E-state index in [0.717, 1.165) is 0 Å². The van der Waals surface area contributed by atoms with Crippen LogP contribution in [0, 0.1) is 5.92 Å². The van der Waals surface area contributed by atoms with Gasteiger partial charge in [-0.2, -0.15) is 5.10 Å². The van der Waals surface area contributed by atoms with Gasteiger partial charge in [0, 0.05) is 5.56 Å². The van der Waals surface area contributed by atoms with Crippen molar-refractivity contribution in [3.05, 3.63) is 41.0 Å². The fraction of sp³-hybridized carbons (Fsp3) is 0.312. The monoisotopic (exact) mass is 335 g/mol. The second-order valence-electron chi connectivity index (χ2n) is 5.64. The van der Waals surface area contributed by atoms with Gasteiger partial charge in [-0.3, -0.25) is 9.89 Å². The Morgan fingerprint density at radius 3 is 2.65 bits per heavy atom. The van der Waals surface area contributed by atoms with Gasteiger partial charge < -0.3 is 10.4 Å². The van der Waals surface area contributed by atoms with E-state index in [-0.39, 0.29) is 11.6 Å². The van der Waals surface area contributed by atoms with Crippen LogP contribution < -0.4 is 5.32 Å². The number of carbonyl (C=O) groups excluding carboxylic acids is 1. The van der Waals surface area contributed by atoms with Crippen LogP contribution in [0.2, 0.25) is 5.02 Å². The van der Waals surface area contributed by atoms with Crippen molar-refractivity contribution in [1.82, 2.24) is 15.5 Å². The van der Waals surface area contributed by atoms with E-state index in [1.165, 1.54) is 0 Å². The number of aliphatic carboxylic acids is 1. The quantitative estimate of drug-likeness (QED) is 0.756. The van der Waals surface area contributed by atoms with E-state index in [1.807, 2.05) is 19.9 Å². The smallest absolute Gasteiger partial charge is 0.326 e. The molecule has 3 N–H and O–H groups in total. The Hall–Kier alpha value is -2.34. The van der Waals surface area contributed by atoms with E-state index in [9.17, 15) is 14.7 Å². The number of benzene rings is 1. The Labute approximate surface area is 138 Å². The second-order valence-corrected chi connectivity index (χ2v) is 6.05. The molecular weight excluding hydrogens is 318 g/mol. The lowest BCUT2D eigenvalue weighted by atomic mass is 10.0. The molecule has 1 atom stereocenters. The number of nitrogens with one attached hydrogen (secondary N) is 2. The molecule has 1 aromatic carbocycles. The Bertz CT molecular complexity index is 712. The van der Waals surface area contributed by atoms with Gasteiger partial charge in [0.05, 0.1) is 10.7 Å². The largest absolute Gasteiger partial charge is 0.480 e. The fourth-order valence-corrected chi connectivity index (χ4v) is 2.41. The first-order valence-electron chi connectivity index (χ1n) is 7.22. The third kappa shape index (κ3) is 4.32. The number of hydrogen-bond acceptors (Lipinski definition) is 3. The highest BCUT2D eigenvalue weighted by molar-refractivity contribution is 6.33. The minimum absolute atomic E-state index is 0.150. The molecule has 0 spiro atoms. The number of H-pyrrole nitrogens is 1. The summed E-state index contributed by atoms with van der Waals surface area (Å²) in [6.45, 7) is 3.79. The van der Waals surface area contributed by atoms with Crippen LogP contribution in [0.15, 0.2) is 30.3 Å². The molecule has 0 fully saturated rings. The standard InChI is InChI=1S/C16H18ClN3O3/c1-9(2)7-14(16(22)23)18-15(21)13-8-12(19-20-13)10-5-3-4-6-11(10)17/h3-6,8-9,14H,7H2,1-2H3,(H,18,21)(H,19,20)(H,22,23). The SMILES string of the molecule is CC(C)CC(NC(=O)c1cc(-c2ccccc2Cl)n[nH]1)C(=O)O. The second kappa shape index (κ2) is 7.28. The van der Waals surface area contributed by atoms with Crippen molar-refractivity contribution in [3.63, 3.8) is 0 Å². The van der Waals surface area contributed by atoms with Gasteiger partial charge in [-0.15, -0.1) is 0 Å². The molecule has 1 aromatic heterocycles. The van der Waals surface area contributed by atoms with Gasteiger partial charge >= 0.3 is 5.97 Å². The van der Waals surface area contributed by atoms with E-state index in [4.69, 9.17) is 11.6 Å². The minimum atomic E-state index is -1.06. The fourth-order valence-electron chi connectivity index (χ4n) is 2.17. The number of carbonyl (C=O) groups is 2. The highest BCUT2D eigenvalue weighted by atomic mass is 35.5. The molecule has 0 saturated carbocycles. The average Bonchev–Trinajstić information content (AvgIpc) is 2.96. The molecule has 0 radical (unpaired) electrons. The maximum atomic E-state index is 12.2. The lowest BCUT2D eigenvalue weighted by molar-refractivity contribution is -0.139. The summed E-state index contributed by atoms with van der Waals surface area (Å²) in [6, 6.07) is 7.75. The summed E-state index contributed by atoms with van der Waals surface area (Å²) >= 11 is 6.10. The van der Waals surface area contributed by atoms with Crippen LogP contribution in [0.25, 0.3) is 11.3 Å². The number of carboxylic acids is 1. The first-order chi connectivity index (χ1) is 10.9. The normalized spacial score (nSPS) is 12.2.